The lowest BCUT2D eigenvalue weighted by molar-refractivity contribution is -0.384. The highest BCUT2D eigenvalue weighted by Crippen LogP contribution is 2.34. The zero-order valence-corrected chi connectivity index (χ0v) is 21.3. The van der Waals surface area contributed by atoms with Crippen molar-refractivity contribution in [3.8, 4) is 22.6 Å². The Bertz CT molecular complexity index is 1570. The van der Waals surface area contributed by atoms with E-state index in [1.165, 1.54) is 23.1 Å². The number of benzene rings is 4. The van der Waals surface area contributed by atoms with Crippen molar-refractivity contribution in [3.05, 3.63) is 119 Å². The second kappa shape index (κ2) is 11.6. The first-order valence-electron chi connectivity index (χ1n) is 12.6. The van der Waals surface area contributed by atoms with Crippen LogP contribution in [0.5, 0.6) is 11.5 Å². The van der Waals surface area contributed by atoms with Crippen LogP contribution >= 0.6 is 0 Å². The van der Waals surface area contributed by atoms with Gasteiger partial charge in [-0.15, -0.1) is 0 Å². The van der Waals surface area contributed by atoms with Crippen LogP contribution in [0.1, 0.15) is 16.8 Å². The maximum absolute atomic E-state index is 12.7. The maximum Gasteiger partial charge on any atom is 0.311 e. The number of ketones is 1. The van der Waals surface area contributed by atoms with Crippen LogP contribution in [-0.2, 0) is 14.3 Å². The molecule has 9 nitrogen and oxygen atoms in total. The Morgan fingerprint density at radius 2 is 1.62 bits per heavy atom. The maximum atomic E-state index is 12.7. The highest BCUT2D eigenvalue weighted by Gasteiger charge is 2.36. The molecule has 0 spiro atoms. The Morgan fingerprint density at radius 1 is 0.900 bits per heavy atom. The molecule has 4 aromatic rings. The number of nitrogens with zero attached hydrogens (tertiary/aromatic N) is 2. The summed E-state index contributed by atoms with van der Waals surface area (Å²) >= 11 is 0. The largest absolute Gasteiger partial charge is 0.457 e. The van der Waals surface area contributed by atoms with Crippen LogP contribution in [0.2, 0.25) is 0 Å². The molecule has 5 rings (SSSR count). The molecule has 1 saturated heterocycles. The molecule has 1 fully saturated rings. The van der Waals surface area contributed by atoms with Crippen LogP contribution in [0.4, 0.5) is 11.4 Å². The number of anilines is 1. The summed E-state index contributed by atoms with van der Waals surface area (Å²) in [4.78, 5) is 49.5. The topological polar surface area (TPSA) is 116 Å². The van der Waals surface area contributed by atoms with Crippen LogP contribution in [0, 0.1) is 16.0 Å². The van der Waals surface area contributed by atoms with Gasteiger partial charge in [0.05, 0.1) is 10.8 Å². The van der Waals surface area contributed by atoms with Gasteiger partial charge in [0.1, 0.15) is 11.5 Å². The summed E-state index contributed by atoms with van der Waals surface area (Å²) in [5, 5.41) is 10.9. The number of rotatable bonds is 9. The Hall–Kier alpha value is -5.31. The summed E-state index contributed by atoms with van der Waals surface area (Å²) in [6, 6.07) is 29.8. The van der Waals surface area contributed by atoms with Gasteiger partial charge in [0, 0.05) is 41.9 Å². The average Bonchev–Trinajstić information content (AvgIpc) is 3.38. The lowest BCUT2D eigenvalue weighted by atomic mass is 10.0. The van der Waals surface area contributed by atoms with E-state index in [2.05, 4.69) is 0 Å². The SMILES string of the molecule is O=C(COC(=O)[C@@H]1CC(=O)N(c2ccc(Oc3ccccc3-c3ccccc3)cc2)C1)c1cccc([N+](=O)[O-])c1. The zero-order chi connectivity index (χ0) is 28.1. The molecular weight excluding hydrogens is 512 g/mol. The van der Waals surface area contributed by atoms with Crippen molar-refractivity contribution in [3.63, 3.8) is 0 Å². The van der Waals surface area contributed by atoms with E-state index in [-0.39, 0.29) is 30.1 Å². The van der Waals surface area contributed by atoms with Gasteiger partial charge in [-0.05, 0) is 35.9 Å². The van der Waals surface area contributed by atoms with Crippen molar-refractivity contribution < 1.29 is 28.8 Å². The number of esters is 1. The van der Waals surface area contributed by atoms with Gasteiger partial charge in [0.15, 0.2) is 6.61 Å². The fraction of sp³-hybridized carbons (Fsp3) is 0.129. The fourth-order valence-corrected chi connectivity index (χ4v) is 4.48. The molecule has 0 N–H and O–H groups in total. The van der Waals surface area contributed by atoms with Crippen molar-refractivity contribution in [1.29, 1.82) is 0 Å². The number of non-ortho nitro benzene ring substituents is 1. The summed E-state index contributed by atoms with van der Waals surface area (Å²) in [5.41, 5.74) is 2.43. The number of nitro benzene ring substituents is 1. The number of hydrogen-bond acceptors (Lipinski definition) is 7. The smallest absolute Gasteiger partial charge is 0.311 e. The molecule has 1 atom stereocenters. The molecular formula is C31H24N2O7. The Morgan fingerprint density at radius 3 is 2.38 bits per heavy atom. The van der Waals surface area contributed by atoms with E-state index >= 15 is 0 Å². The number of nitro groups is 1. The second-order valence-electron chi connectivity index (χ2n) is 9.20. The molecule has 0 aromatic heterocycles. The van der Waals surface area contributed by atoms with Gasteiger partial charge in [-0.3, -0.25) is 24.5 Å². The zero-order valence-electron chi connectivity index (χ0n) is 21.3. The van der Waals surface area contributed by atoms with Crippen molar-refractivity contribution >= 4 is 29.0 Å². The van der Waals surface area contributed by atoms with Gasteiger partial charge in [0.2, 0.25) is 11.7 Å². The van der Waals surface area contributed by atoms with E-state index in [4.69, 9.17) is 9.47 Å². The number of carbonyl (C=O) groups is 3. The van der Waals surface area contributed by atoms with Gasteiger partial charge in [-0.25, -0.2) is 0 Å². The third-order valence-electron chi connectivity index (χ3n) is 6.53. The third kappa shape index (κ3) is 5.88. The molecule has 0 bridgehead atoms. The van der Waals surface area contributed by atoms with Crippen LogP contribution in [0.3, 0.4) is 0 Å². The average molecular weight is 537 g/mol. The lowest BCUT2D eigenvalue weighted by Gasteiger charge is -2.17. The van der Waals surface area contributed by atoms with Gasteiger partial charge in [-0.2, -0.15) is 0 Å². The number of carbonyl (C=O) groups excluding carboxylic acids is 3. The van der Waals surface area contributed by atoms with Crippen LogP contribution in [0.25, 0.3) is 11.1 Å². The van der Waals surface area contributed by atoms with Crippen LogP contribution < -0.4 is 9.64 Å². The van der Waals surface area contributed by atoms with Gasteiger partial charge in [-0.1, -0.05) is 60.7 Å². The Kier molecular flexibility index (Phi) is 7.63. The minimum atomic E-state index is -0.737. The fourth-order valence-electron chi connectivity index (χ4n) is 4.48. The molecule has 0 aliphatic carbocycles. The second-order valence-corrected chi connectivity index (χ2v) is 9.20. The summed E-state index contributed by atoms with van der Waals surface area (Å²) in [6.45, 7) is -0.457. The molecule has 1 aliphatic heterocycles. The summed E-state index contributed by atoms with van der Waals surface area (Å²) in [5.74, 6) is -0.931. The molecule has 4 aromatic carbocycles. The highest BCUT2D eigenvalue weighted by atomic mass is 16.6. The molecule has 0 saturated carbocycles. The standard InChI is InChI=1S/C31H24N2O7/c34-28(22-9-6-10-25(17-22)33(37)38)20-39-31(36)23-18-30(35)32(19-23)24-13-15-26(16-14-24)40-29-12-5-4-11-27(29)21-7-2-1-3-8-21/h1-17,23H,18-20H2/t23-/m1/s1. The van der Waals surface area contributed by atoms with Gasteiger partial charge in [0.25, 0.3) is 5.69 Å². The van der Waals surface area contributed by atoms with Crippen molar-refractivity contribution in [1.82, 2.24) is 0 Å². The van der Waals surface area contributed by atoms with E-state index in [0.29, 0.717) is 17.2 Å². The minimum absolute atomic E-state index is 0.0491. The van der Waals surface area contributed by atoms with Crippen molar-refractivity contribution in [2.75, 3.05) is 18.1 Å². The van der Waals surface area contributed by atoms with Crippen molar-refractivity contribution in [2.24, 2.45) is 5.92 Å². The highest BCUT2D eigenvalue weighted by molar-refractivity contribution is 6.01. The molecule has 40 heavy (non-hydrogen) atoms. The van der Waals surface area contributed by atoms with E-state index < -0.39 is 29.2 Å². The Balaban J connectivity index is 1.19. The number of hydrogen-bond donors (Lipinski definition) is 0. The predicted molar refractivity (Wildman–Crippen MR) is 147 cm³/mol. The molecule has 1 amide bonds. The third-order valence-corrected chi connectivity index (χ3v) is 6.53. The van der Waals surface area contributed by atoms with E-state index in [1.807, 2.05) is 54.6 Å². The quantitative estimate of drug-likeness (QED) is 0.114. The summed E-state index contributed by atoms with van der Waals surface area (Å²) in [7, 11) is 0. The number of amides is 1. The monoisotopic (exact) mass is 536 g/mol. The van der Waals surface area contributed by atoms with Gasteiger partial charge < -0.3 is 14.4 Å². The molecule has 0 unspecified atom stereocenters. The van der Waals surface area contributed by atoms with Gasteiger partial charge >= 0.3 is 5.97 Å². The molecule has 0 radical (unpaired) electrons. The molecule has 9 heteroatoms. The van der Waals surface area contributed by atoms with E-state index in [1.54, 1.807) is 24.3 Å². The van der Waals surface area contributed by atoms with E-state index in [9.17, 15) is 24.5 Å². The first-order valence-corrected chi connectivity index (χ1v) is 12.6. The number of para-hydroxylation sites is 1. The lowest BCUT2D eigenvalue weighted by Crippen LogP contribution is -2.27. The number of ether oxygens (including phenoxy) is 2. The summed E-state index contributed by atoms with van der Waals surface area (Å²) in [6.07, 6.45) is -0.0491. The molecule has 1 aliphatic rings. The van der Waals surface area contributed by atoms with Crippen molar-refractivity contribution in [2.45, 2.75) is 6.42 Å². The summed E-state index contributed by atoms with van der Waals surface area (Å²) < 4.78 is 11.3. The van der Waals surface area contributed by atoms with E-state index in [0.717, 1.165) is 17.2 Å². The molecule has 1 heterocycles. The minimum Gasteiger partial charge on any atom is -0.457 e. The first kappa shape index (κ1) is 26.3. The van der Waals surface area contributed by atoms with Crippen LogP contribution in [0.15, 0.2) is 103 Å². The molecule has 200 valence electrons. The predicted octanol–water partition coefficient (Wildman–Crippen LogP) is 5.83. The van der Waals surface area contributed by atoms with Crippen LogP contribution in [-0.4, -0.2) is 35.7 Å². The normalized spacial score (nSPS) is 14.6. The first-order chi connectivity index (χ1) is 19.4. The number of Topliss-reactive ketones (excluding diaryl/α,β-unsaturated/α-hetero) is 1. The Labute approximate surface area is 229 Å².